The molecular formula is C34H29N. The Bertz CT molecular complexity index is 1670. The van der Waals surface area contributed by atoms with Gasteiger partial charge in [-0.05, 0) is 79.5 Å². The van der Waals surface area contributed by atoms with Crippen molar-refractivity contribution in [3.63, 3.8) is 0 Å². The average Bonchev–Trinajstić information content (AvgIpc) is 3.24. The molecule has 0 aromatic heterocycles. The van der Waals surface area contributed by atoms with E-state index < -0.39 is 0 Å². The van der Waals surface area contributed by atoms with Crippen LogP contribution < -0.4 is 5.32 Å². The number of nitrogens with one attached hydrogen (secondary N) is 1. The van der Waals surface area contributed by atoms with Crippen molar-refractivity contribution in [3.8, 4) is 22.3 Å². The lowest BCUT2D eigenvalue weighted by atomic mass is 9.82. The summed E-state index contributed by atoms with van der Waals surface area (Å²) in [6, 6.07) is 35.9. The van der Waals surface area contributed by atoms with E-state index in [0.717, 1.165) is 11.4 Å². The Labute approximate surface area is 207 Å². The average molecular weight is 452 g/mol. The van der Waals surface area contributed by atoms with E-state index in [0.29, 0.717) is 0 Å². The van der Waals surface area contributed by atoms with Gasteiger partial charge in [0, 0.05) is 22.2 Å². The van der Waals surface area contributed by atoms with Gasteiger partial charge in [0.25, 0.3) is 0 Å². The normalized spacial score (nSPS) is 15.9. The Hall–Kier alpha value is -3.84. The van der Waals surface area contributed by atoms with E-state index in [4.69, 9.17) is 0 Å². The third-order valence-corrected chi connectivity index (χ3v) is 8.44. The zero-order chi connectivity index (χ0) is 23.9. The van der Waals surface area contributed by atoms with Crippen LogP contribution >= 0.6 is 0 Å². The van der Waals surface area contributed by atoms with E-state index >= 15 is 0 Å². The van der Waals surface area contributed by atoms with Crippen molar-refractivity contribution in [3.05, 3.63) is 119 Å². The number of anilines is 2. The van der Waals surface area contributed by atoms with Gasteiger partial charge in [0.2, 0.25) is 0 Å². The van der Waals surface area contributed by atoms with Crippen LogP contribution in [-0.2, 0) is 10.8 Å². The predicted octanol–water partition coefficient (Wildman–Crippen LogP) is 9.20. The highest BCUT2D eigenvalue weighted by atomic mass is 14.9. The molecular weight excluding hydrogens is 422 g/mol. The molecule has 0 atom stereocenters. The van der Waals surface area contributed by atoms with Crippen LogP contribution in [0.15, 0.2) is 97.1 Å². The molecule has 1 N–H and O–H groups in total. The van der Waals surface area contributed by atoms with Crippen LogP contribution in [-0.4, -0.2) is 0 Å². The number of benzene rings is 5. The van der Waals surface area contributed by atoms with Crippen LogP contribution in [0.25, 0.3) is 33.0 Å². The minimum absolute atomic E-state index is 0.00619. The Balaban J connectivity index is 1.30. The summed E-state index contributed by atoms with van der Waals surface area (Å²) in [6.45, 7) is 9.37. The molecule has 2 aliphatic carbocycles. The molecule has 2 aliphatic rings. The summed E-state index contributed by atoms with van der Waals surface area (Å²) in [5.74, 6) is 0. The van der Waals surface area contributed by atoms with Crippen molar-refractivity contribution in [1.29, 1.82) is 0 Å². The molecule has 5 aromatic rings. The van der Waals surface area contributed by atoms with Gasteiger partial charge in [-0.2, -0.15) is 0 Å². The van der Waals surface area contributed by atoms with Crippen molar-refractivity contribution in [2.24, 2.45) is 0 Å². The fourth-order valence-electron chi connectivity index (χ4n) is 6.53. The van der Waals surface area contributed by atoms with E-state index in [-0.39, 0.29) is 10.8 Å². The van der Waals surface area contributed by atoms with Gasteiger partial charge in [-0.1, -0.05) is 100 Å². The second-order valence-electron chi connectivity index (χ2n) is 11.2. The summed E-state index contributed by atoms with van der Waals surface area (Å²) in [5, 5.41) is 6.38. The topological polar surface area (TPSA) is 12.0 Å². The second-order valence-corrected chi connectivity index (χ2v) is 11.2. The standard InChI is InChI=1S/C34H29N/c1-33(2)28-12-8-7-11-25(28)26-16-14-22(19-30(26)33)35-23-15-17-27-31(20-23)34(3,4)29-18-13-21-9-5-6-10-24(21)32(27)29/h5-20,35H,1-4H3. The Morgan fingerprint density at radius 2 is 1.09 bits per heavy atom. The van der Waals surface area contributed by atoms with E-state index in [9.17, 15) is 0 Å². The molecule has 0 spiro atoms. The molecule has 0 saturated heterocycles. The maximum Gasteiger partial charge on any atom is 0.0387 e. The van der Waals surface area contributed by atoms with E-state index in [1.165, 1.54) is 55.3 Å². The Kier molecular flexibility index (Phi) is 4.02. The summed E-state index contributed by atoms with van der Waals surface area (Å²) in [5.41, 5.74) is 13.3. The summed E-state index contributed by atoms with van der Waals surface area (Å²) in [6.07, 6.45) is 0. The lowest BCUT2D eigenvalue weighted by molar-refractivity contribution is 0.660. The van der Waals surface area contributed by atoms with Crippen molar-refractivity contribution in [2.45, 2.75) is 38.5 Å². The first-order valence-electron chi connectivity index (χ1n) is 12.5. The highest BCUT2D eigenvalue weighted by molar-refractivity contribution is 6.02. The van der Waals surface area contributed by atoms with Crippen molar-refractivity contribution in [2.75, 3.05) is 5.32 Å². The van der Waals surface area contributed by atoms with E-state index in [2.05, 4.69) is 130 Å². The maximum atomic E-state index is 3.73. The molecule has 170 valence electrons. The monoisotopic (exact) mass is 451 g/mol. The van der Waals surface area contributed by atoms with E-state index in [1.54, 1.807) is 0 Å². The molecule has 0 amide bonds. The molecule has 7 rings (SSSR count). The smallest absolute Gasteiger partial charge is 0.0387 e. The zero-order valence-corrected chi connectivity index (χ0v) is 20.7. The van der Waals surface area contributed by atoms with Gasteiger partial charge in [0.15, 0.2) is 0 Å². The SMILES string of the molecule is CC1(C)c2ccccc2-c2ccc(Nc3ccc4c(c3)C(C)(C)c3ccc5ccccc5c3-4)cc21. The molecule has 1 heteroatoms. The molecule has 0 aliphatic heterocycles. The van der Waals surface area contributed by atoms with Crippen LogP contribution in [0.1, 0.15) is 49.9 Å². The van der Waals surface area contributed by atoms with E-state index in [1.807, 2.05) is 0 Å². The van der Waals surface area contributed by atoms with Crippen LogP contribution in [0.3, 0.4) is 0 Å². The summed E-state index contributed by atoms with van der Waals surface area (Å²) < 4.78 is 0. The van der Waals surface area contributed by atoms with Gasteiger partial charge in [-0.3, -0.25) is 0 Å². The first kappa shape index (κ1) is 20.5. The van der Waals surface area contributed by atoms with Gasteiger partial charge in [0.1, 0.15) is 0 Å². The van der Waals surface area contributed by atoms with Crippen LogP contribution in [0.5, 0.6) is 0 Å². The molecule has 0 heterocycles. The summed E-state index contributed by atoms with van der Waals surface area (Å²) in [4.78, 5) is 0. The predicted molar refractivity (Wildman–Crippen MR) is 149 cm³/mol. The summed E-state index contributed by atoms with van der Waals surface area (Å²) in [7, 11) is 0. The molecule has 1 nitrogen and oxygen atoms in total. The lowest BCUT2D eigenvalue weighted by Gasteiger charge is -2.23. The highest BCUT2D eigenvalue weighted by Gasteiger charge is 2.37. The highest BCUT2D eigenvalue weighted by Crippen LogP contribution is 2.52. The molecule has 0 unspecified atom stereocenters. The molecule has 0 radical (unpaired) electrons. The maximum absolute atomic E-state index is 3.73. The molecule has 0 bridgehead atoms. The lowest BCUT2D eigenvalue weighted by Crippen LogP contribution is -2.15. The Morgan fingerprint density at radius 1 is 0.486 bits per heavy atom. The molecule has 0 saturated carbocycles. The van der Waals surface area contributed by atoms with Gasteiger partial charge in [-0.25, -0.2) is 0 Å². The van der Waals surface area contributed by atoms with Gasteiger partial charge >= 0.3 is 0 Å². The third kappa shape index (κ3) is 2.76. The first-order valence-corrected chi connectivity index (χ1v) is 12.5. The largest absolute Gasteiger partial charge is 0.356 e. The summed E-state index contributed by atoms with van der Waals surface area (Å²) >= 11 is 0. The fraction of sp³-hybridized carbons (Fsp3) is 0.176. The fourth-order valence-corrected chi connectivity index (χ4v) is 6.53. The van der Waals surface area contributed by atoms with Gasteiger partial charge in [0.05, 0.1) is 0 Å². The molecule has 5 aromatic carbocycles. The second kappa shape index (κ2) is 6.86. The van der Waals surface area contributed by atoms with Crippen molar-refractivity contribution >= 4 is 22.1 Å². The van der Waals surface area contributed by atoms with Crippen LogP contribution in [0, 0.1) is 0 Å². The van der Waals surface area contributed by atoms with Crippen molar-refractivity contribution < 1.29 is 0 Å². The van der Waals surface area contributed by atoms with Crippen LogP contribution in [0.4, 0.5) is 11.4 Å². The first-order chi connectivity index (χ1) is 16.9. The van der Waals surface area contributed by atoms with Gasteiger partial charge in [-0.15, -0.1) is 0 Å². The number of rotatable bonds is 2. The minimum atomic E-state index is -0.0338. The minimum Gasteiger partial charge on any atom is -0.356 e. The Morgan fingerprint density at radius 3 is 1.89 bits per heavy atom. The van der Waals surface area contributed by atoms with Gasteiger partial charge < -0.3 is 5.32 Å². The van der Waals surface area contributed by atoms with Crippen molar-refractivity contribution in [1.82, 2.24) is 0 Å². The molecule has 35 heavy (non-hydrogen) atoms. The molecule has 0 fully saturated rings. The van der Waals surface area contributed by atoms with Crippen LogP contribution in [0.2, 0.25) is 0 Å². The number of hydrogen-bond acceptors (Lipinski definition) is 1. The quantitative estimate of drug-likeness (QED) is 0.282. The number of hydrogen-bond donors (Lipinski definition) is 1. The number of fused-ring (bicyclic) bond motifs is 8. The zero-order valence-electron chi connectivity index (χ0n) is 20.7. The third-order valence-electron chi connectivity index (χ3n) is 8.44.